The lowest BCUT2D eigenvalue weighted by atomic mass is 10.1. The van der Waals surface area contributed by atoms with Crippen molar-refractivity contribution in [2.45, 2.75) is 20.0 Å². The Labute approximate surface area is 154 Å². The third-order valence-electron chi connectivity index (χ3n) is 4.16. The lowest BCUT2D eigenvalue weighted by Gasteiger charge is -2.20. The second-order valence-corrected chi connectivity index (χ2v) is 8.36. The smallest absolute Gasteiger partial charge is 0.273 e. The van der Waals surface area contributed by atoms with Crippen LogP contribution in [0.25, 0.3) is 11.3 Å². The molecule has 25 heavy (non-hydrogen) atoms. The van der Waals surface area contributed by atoms with E-state index in [2.05, 4.69) is 17.1 Å². The molecule has 3 aromatic rings. The van der Waals surface area contributed by atoms with Crippen LogP contribution in [0.2, 0.25) is 0 Å². The number of amides is 1. The molecule has 7 heteroatoms. The minimum atomic E-state index is -0.0215. The van der Waals surface area contributed by atoms with Crippen LogP contribution in [0.3, 0.4) is 0 Å². The van der Waals surface area contributed by atoms with Crippen molar-refractivity contribution in [3.63, 3.8) is 0 Å². The number of hydrogen-bond acceptors (Lipinski definition) is 6. The summed E-state index contributed by atoms with van der Waals surface area (Å²) in [5, 5.41) is 3.71. The highest BCUT2D eigenvalue weighted by molar-refractivity contribution is 7.16. The average molecular weight is 371 g/mol. The monoisotopic (exact) mass is 370 g/mol. The number of anilines is 1. The Kier molecular flexibility index (Phi) is 4.05. The van der Waals surface area contributed by atoms with Gasteiger partial charge in [0, 0.05) is 31.6 Å². The highest BCUT2D eigenvalue weighted by Crippen LogP contribution is 2.38. The highest BCUT2D eigenvalue weighted by atomic mass is 32.1. The SMILES string of the molecule is Cc1nc(C(=O)N2Cc3ccccc3-c3nc(N(C)C)sc3C2)cs1. The predicted molar refractivity (Wildman–Crippen MR) is 102 cm³/mol. The molecule has 0 saturated carbocycles. The van der Waals surface area contributed by atoms with Crippen LogP contribution in [0.15, 0.2) is 29.6 Å². The third-order valence-corrected chi connectivity index (χ3v) is 6.14. The molecule has 0 radical (unpaired) electrons. The molecule has 0 atom stereocenters. The van der Waals surface area contributed by atoms with Crippen LogP contribution < -0.4 is 4.90 Å². The molecule has 1 aliphatic rings. The molecule has 4 rings (SSSR count). The van der Waals surface area contributed by atoms with Gasteiger partial charge in [-0.3, -0.25) is 4.79 Å². The number of aromatic nitrogens is 2. The van der Waals surface area contributed by atoms with E-state index in [4.69, 9.17) is 4.98 Å². The van der Waals surface area contributed by atoms with Gasteiger partial charge in [0.15, 0.2) is 5.13 Å². The van der Waals surface area contributed by atoms with Gasteiger partial charge in [-0.2, -0.15) is 0 Å². The number of thiazole rings is 2. The molecule has 128 valence electrons. The van der Waals surface area contributed by atoms with E-state index in [1.165, 1.54) is 11.3 Å². The number of carbonyl (C=O) groups is 1. The average Bonchev–Trinajstić information content (AvgIpc) is 3.17. The number of nitrogens with zero attached hydrogens (tertiary/aromatic N) is 4. The summed E-state index contributed by atoms with van der Waals surface area (Å²) in [5.74, 6) is -0.0215. The van der Waals surface area contributed by atoms with Crippen molar-refractivity contribution in [2.75, 3.05) is 19.0 Å². The van der Waals surface area contributed by atoms with Gasteiger partial charge < -0.3 is 9.80 Å². The number of fused-ring (bicyclic) bond motifs is 3. The number of rotatable bonds is 2. The summed E-state index contributed by atoms with van der Waals surface area (Å²) >= 11 is 3.15. The maximum Gasteiger partial charge on any atom is 0.273 e. The Balaban J connectivity index is 1.79. The van der Waals surface area contributed by atoms with Crippen molar-refractivity contribution in [1.82, 2.24) is 14.9 Å². The van der Waals surface area contributed by atoms with Crippen LogP contribution in [0.1, 0.15) is 25.9 Å². The summed E-state index contributed by atoms with van der Waals surface area (Å²) in [6, 6.07) is 8.21. The highest BCUT2D eigenvalue weighted by Gasteiger charge is 2.27. The molecule has 0 fully saturated rings. The van der Waals surface area contributed by atoms with Gasteiger partial charge in [0.25, 0.3) is 5.91 Å². The zero-order chi connectivity index (χ0) is 17.6. The molecule has 1 aromatic carbocycles. The zero-order valence-corrected chi connectivity index (χ0v) is 15.9. The molecule has 0 aliphatic carbocycles. The number of hydrogen-bond donors (Lipinski definition) is 0. The van der Waals surface area contributed by atoms with E-state index in [9.17, 15) is 4.79 Å². The van der Waals surface area contributed by atoms with Crippen LogP contribution in [0, 0.1) is 6.92 Å². The molecule has 0 unspecified atom stereocenters. The molecule has 1 amide bonds. The van der Waals surface area contributed by atoms with Crippen molar-refractivity contribution in [1.29, 1.82) is 0 Å². The van der Waals surface area contributed by atoms with E-state index in [0.29, 0.717) is 18.8 Å². The van der Waals surface area contributed by atoms with Crippen molar-refractivity contribution < 1.29 is 4.79 Å². The second kappa shape index (κ2) is 6.24. The number of benzene rings is 1. The second-order valence-electron chi connectivity index (χ2n) is 6.23. The molecular formula is C18H18N4OS2. The summed E-state index contributed by atoms with van der Waals surface area (Å²) in [6.45, 7) is 3.06. The molecule has 5 nitrogen and oxygen atoms in total. The van der Waals surface area contributed by atoms with Crippen LogP contribution in [0.4, 0.5) is 5.13 Å². The van der Waals surface area contributed by atoms with Gasteiger partial charge in [-0.15, -0.1) is 11.3 Å². The normalized spacial score (nSPS) is 13.2. The zero-order valence-electron chi connectivity index (χ0n) is 14.3. The van der Waals surface area contributed by atoms with Crippen molar-refractivity contribution >= 4 is 33.7 Å². The molecule has 0 N–H and O–H groups in total. The number of carbonyl (C=O) groups excluding carboxylic acids is 1. The van der Waals surface area contributed by atoms with Gasteiger partial charge in [0.05, 0.1) is 22.1 Å². The van der Waals surface area contributed by atoms with Gasteiger partial charge in [-0.25, -0.2) is 9.97 Å². The molecule has 1 aliphatic heterocycles. The molecule has 0 saturated heterocycles. The van der Waals surface area contributed by atoms with E-state index >= 15 is 0 Å². The Morgan fingerprint density at radius 2 is 2.00 bits per heavy atom. The van der Waals surface area contributed by atoms with Gasteiger partial charge in [0.2, 0.25) is 0 Å². The van der Waals surface area contributed by atoms with Gasteiger partial charge in [-0.05, 0) is 12.5 Å². The van der Waals surface area contributed by atoms with Gasteiger partial charge >= 0.3 is 0 Å². The molecule has 0 bridgehead atoms. The fraction of sp³-hybridized carbons (Fsp3) is 0.278. The Morgan fingerprint density at radius 1 is 1.20 bits per heavy atom. The Bertz CT molecular complexity index is 944. The first kappa shape index (κ1) is 16.2. The van der Waals surface area contributed by atoms with Crippen molar-refractivity contribution in [2.24, 2.45) is 0 Å². The summed E-state index contributed by atoms with van der Waals surface area (Å²) in [4.78, 5) is 27.2. The van der Waals surface area contributed by atoms with E-state index in [0.717, 1.165) is 31.8 Å². The summed E-state index contributed by atoms with van der Waals surface area (Å²) in [5.41, 5.74) is 3.76. The third kappa shape index (κ3) is 2.94. The number of aryl methyl sites for hydroxylation is 1. The van der Waals surface area contributed by atoms with Crippen LogP contribution in [-0.2, 0) is 13.1 Å². The Hall–Kier alpha value is -2.25. The fourth-order valence-electron chi connectivity index (χ4n) is 2.94. The molecule has 0 spiro atoms. The van der Waals surface area contributed by atoms with Crippen LogP contribution in [0.5, 0.6) is 0 Å². The topological polar surface area (TPSA) is 49.3 Å². The maximum atomic E-state index is 13.0. The minimum absolute atomic E-state index is 0.0215. The molecular weight excluding hydrogens is 352 g/mol. The first-order valence-corrected chi connectivity index (χ1v) is 9.69. The molecule has 2 aromatic heterocycles. The van der Waals surface area contributed by atoms with Crippen molar-refractivity contribution in [3.8, 4) is 11.3 Å². The van der Waals surface area contributed by atoms with E-state index in [1.54, 1.807) is 11.3 Å². The van der Waals surface area contributed by atoms with Crippen molar-refractivity contribution in [3.05, 3.63) is 50.8 Å². The predicted octanol–water partition coefficient (Wildman–Crippen LogP) is 3.80. The standard InChI is InChI=1S/C18H18N4OS2/c1-11-19-14(10-24-11)17(23)22-8-12-6-4-5-7-13(12)16-15(9-22)25-18(20-16)21(2)3/h4-7,10H,8-9H2,1-3H3. The van der Waals surface area contributed by atoms with Gasteiger partial charge in [0.1, 0.15) is 5.69 Å². The van der Waals surface area contributed by atoms with E-state index < -0.39 is 0 Å². The van der Waals surface area contributed by atoms with Crippen LogP contribution >= 0.6 is 22.7 Å². The van der Waals surface area contributed by atoms with E-state index in [-0.39, 0.29) is 5.91 Å². The lowest BCUT2D eigenvalue weighted by Crippen LogP contribution is -2.29. The first-order valence-electron chi connectivity index (χ1n) is 7.99. The fourth-order valence-corrected chi connectivity index (χ4v) is 4.54. The first-order chi connectivity index (χ1) is 12.0. The maximum absolute atomic E-state index is 13.0. The quantitative estimate of drug-likeness (QED) is 0.688. The summed E-state index contributed by atoms with van der Waals surface area (Å²) < 4.78 is 0. The van der Waals surface area contributed by atoms with Gasteiger partial charge in [-0.1, -0.05) is 35.6 Å². The van der Waals surface area contributed by atoms with E-state index in [1.807, 2.05) is 48.3 Å². The minimum Gasteiger partial charge on any atom is -0.354 e. The summed E-state index contributed by atoms with van der Waals surface area (Å²) in [7, 11) is 3.98. The lowest BCUT2D eigenvalue weighted by molar-refractivity contribution is 0.0728. The molecule has 3 heterocycles. The Morgan fingerprint density at radius 3 is 2.72 bits per heavy atom. The van der Waals surface area contributed by atoms with Crippen LogP contribution in [-0.4, -0.2) is 34.9 Å². The summed E-state index contributed by atoms with van der Waals surface area (Å²) in [6.07, 6.45) is 0. The largest absolute Gasteiger partial charge is 0.354 e.